The molecular weight excluding hydrogens is 468 g/mol. The lowest BCUT2D eigenvalue weighted by atomic mass is 10.1. The van der Waals surface area contributed by atoms with Crippen molar-refractivity contribution in [1.29, 1.82) is 0 Å². The molecule has 0 saturated carbocycles. The van der Waals surface area contributed by atoms with E-state index in [9.17, 15) is 14.4 Å². The van der Waals surface area contributed by atoms with Crippen molar-refractivity contribution < 1.29 is 14.4 Å². The summed E-state index contributed by atoms with van der Waals surface area (Å²) in [6, 6.07) is 18.0. The summed E-state index contributed by atoms with van der Waals surface area (Å²) in [5, 5.41) is 7.83. The Kier molecular flexibility index (Phi) is 7.30. The van der Waals surface area contributed by atoms with Gasteiger partial charge in [-0.1, -0.05) is 48.5 Å². The molecule has 0 aliphatic carbocycles. The molecular formula is C28H32N6O3. The second-order valence-corrected chi connectivity index (χ2v) is 9.62. The van der Waals surface area contributed by atoms with Gasteiger partial charge in [-0.2, -0.15) is 5.10 Å². The van der Waals surface area contributed by atoms with Gasteiger partial charge in [0, 0.05) is 37.2 Å². The van der Waals surface area contributed by atoms with Gasteiger partial charge in [0.2, 0.25) is 11.8 Å². The maximum Gasteiger partial charge on any atom is 0.253 e. The highest BCUT2D eigenvalue weighted by Gasteiger charge is 2.35. The predicted octanol–water partition coefficient (Wildman–Crippen LogP) is 3.05. The number of benzene rings is 2. The highest BCUT2D eigenvalue weighted by Crippen LogP contribution is 2.23. The van der Waals surface area contributed by atoms with E-state index in [4.69, 9.17) is 10.1 Å². The first-order chi connectivity index (χ1) is 18.0. The highest BCUT2D eigenvalue weighted by molar-refractivity contribution is 5.94. The van der Waals surface area contributed by atoms with Gasteiger partial charge in [0.05, 0.1) is 12.6 Å². The summed E-state index contributed by atoms with van der Waals surface area (Å²) in [6.45, 7) is 3.71. The van der Waals surface area contributed by atoms with Crippen LogP contribution in [-0.2, 0) is 16.1 Å². The van der Waals surface area contributed by atoms with Crippen LogP contribution >= 0.6 is 0 Å². The number of nitrogens with one attached hydrogen (secondary N) is 1. The molecule has 0 spiro atoms. The van der Waals surface area contributed by atoms with Crippen molar-refractivity contribution >= 4 is 17.7 Å². The second-order valence-electron chi connectivity index (χ2n) is 9.62. The fourth-order valence-electron chi connectivity index (χ4n) is 5.12. The normalized spacial score (nSPS) is 21.1. The summed E-state index contributed by atoms with van der Waals surface area (Å²) >= 11 is 0. The molecule has 2 aliphatic heterocycles. The topological polar surface area (TPSA) is 100 Å². The Labute approximate surface area is 216 Å². The van der Waals surface area contributed by atoms with Crippen LogP contribution in [0.15, 0.2) is 60.7 Å². The van der Waals surface area contributed by atoms with E-state index < -0.39 is 12.1 Å². The Bertz CT molecular complexity index is 1260. The van der Waals surface area contributed by atoms with Crippen molar-refractivity contribution in [3.63, 3.8) is 0 Å². The van der Waals surface area contributed by atoms with Gasteiger partial charge in [0.15, 0.2) is 5.82 Å². The zero-order chi connectivity index (χ0) is 25.8. The van der Waals surface area contributed by atoms with E-state index in [1.165, 1.54) is 0 Å². The molecule has 1 aromatic heterocycles. The number of hydrogen-bond donors (Lipinski definition) is 1. The Morgan fingerprint density at radius 1 is 0.919 bits per heavy atom. The third-order valence-corrected chi connectivity index (χ3v) is 7.06. The van der Waals surface area contributed by atoms with Gasteiger partial charge in [-0.25, -0.2) is 9.67 Å². The number of aromatic nitrogens is 3. The van der Waals surface area contributed by atoms with Crippen molar-refractivity contribution in [3.8, 4) is 11.4 Å². The van der Waals surface area contributed by atoms with Crippen molar-refractivity contribution in [2.24, 2.45) is 0 Å². The van der Waals surface area contributed by atoms with Gasteiger partial charge in [0.1, 0.15) is 11.9 Å². The monoisotopic (exact) mass is 500 g/mol. The summed E-state index contributed by atoms with van der Waals surface area (Å²) in [5.41, 5.74) is 1.49. The van der Waals surface area contributed by atoms with Gasteiger partial charge in [-0.3, -0.25) is 14.4 Å². The van der Waals surface area contributed by atoms with Crippen LogP contribution < -0.4 is 5.32 Å². The van der Waals surface area contributed by atoms with E-state index in [0.717, 1.165) is 12.0 Å². The summed E-state index contributed by atoms with van der Waals surface area (Å²) in [7, 11) is 0. The minimum atomic E-state index is -0.482. The van der Waals surface area contributed by atoms with Gasteiger partial charge in [-0.05, 0) is 38.3 Å². The molecule has 1 N–H and O–H groups in total. The fraction of sp³-hybridized carbons (Fsp3) is 0.393. The van der Waals surface area contributed by atoms with Crippen LogP contribution in [-0.4, -0.2) is 68.0 Å². The number of rotatable bonds is 2. The number of hydrogen-bond acceptors (Lipinski definition) is 5. The van der Waals surface area contributed by atoms with E-state index in [2.05, 4.69) is 5.32 Å². The maximum atomic E-state index is 13.4. The fourth-order valence-corrected chi connectivity index (χ4v) is 5.12. The molecule has 0 bridgehead atoms. The van der Waals surface area contributed by atoms with E-state index >= 15 is 0 Å². The van der Waals surface area contributed by atoms with Gasteiger partial charge in [-0.15, -0.1) is 0 Å². The van der Waals surface area contributed by atoms with E-state index in [0.29, 0.717) is 62.7 Å². The Balaban J connectivity index is 1.48. The van der Waals surface area contributed by atoms with Crippen LogP contribution in [0, 0.1) is 0 Å². The van der Waals surface area contributed by atoms with Crippen LogP contribution in [0.3, 0.4) is 0 Å². The largest absolute Gasteiger partial charge is 0.345 e. The molecule has 2 atom stereocenters. The number of fused-ring (bicyclic) bond motifs is 2. The molecule has 1 fully saturated rings. The van der Waals surface area contributed by atoms with E-state index in [1.807, 2.05) is 55.5 Å². The third kappa shape index (κ3) is 5.40. The molecule has 2 aliphatic rings. The SMILES string of the molecule is C[C@@H]1NC(=O)[C@@H]2CCCN2C(=O)CCCN(C(=O)c2ccccc2)CCn2nc(-c3ccccc3)nc21. The molecule has 37 heavy (non-hydrogen) atoms. The standard InChI is InChI=1S/C28H32N6O3/c1-20-26-30-25(21-10-4-2-5-11-21)31-34(26)19-18-32(28(37)22-12-6-3-7-13-22)16-9-15-24(35)33-17-8-14-23(33)27(36)29-20/h2-7,10-13,20,23H,8-9,14-19H2,1H3,(H,29,36)/t20-,23-/m0/s1. The predicted molar refractivity (Wildman–Crippen MR) is 138 cm³/mol. The molecule has 3 aromatic rings. The summed E-state index contributed by atoms with van der Waals surface area (Å²) in [5.74, 6) is 0.911. The number of carbonyl (C=O) groups excluding carboxylic acids is 3. The quantitative estimate of drug-likeness (QED) is 0.583. The summed E-state index contributed by atoms with van der Waals surface area (Å²) < 4.78 is 1.79. The zero-order valence-corrected chi connectivity index (χ0v) is 21.0. The third-order valence-electron chi connectivity index (χ3n) is 7.06. The van der Waals surface area contributed by atoms with Crippen LogP contribution in [0.2, 0.25) is 0 Å². The molecule has 3 amide bonds. The molecule has 0 radical (unpaired) electrons. The second kappa shape index (κ2) is 10.9. The van der Waals surface area contributed by atoms with Crippen LogP contribution in [0.1, 0.15) is 54.8 Å². The van der Waals surface area contributed by atoms with Crippen molar-refractivity contribution in [1.82, 2.24) is 29.9 Å². The molecule has 3 heterocycles. The van der Waals surface area contributed by atoms with Gasteiger partial charge >= 0.3 is 0 Å². The summed E-state index contributed by atoms with van der Waals surface area (Å²) in [4.78, 5) is 47.8. The maximum absolute atomic E-state index is 13.4. The first-order valence-electron chi connectivity index (χ1n) is 13.0. The minimum Gasteiger partial charge on any atom is -0.345 e. The average Bonchev–Trinajstić information content (AvgIpc) is 3.59. The number of carbonyl (C=O) groups is 3. The molecule has 1 saturated heterocycles. The van der Waals surface area contributed by atoms with Gasteiger partial charge < -0.3 is 15.1 Å². The van der Waals surface area contributed by atoms with Crippen LogP contribution in [0.5, 0.6) is 0 Å². The number of nitrogens with zero attached hydrogens (tertiary/aromatic N) is 5. The summed E-state index contributed by atoms with van der Waals surface area (Å²) in [6.07, 6.45) is 2.26. The molecule has 2 aromatic carbocycles. The van der Waals surface area contributed by atoms with E-state index in [1.54, 1.807) is 26.6 Å². The minimum absolute atomic E-state index is 0.0380. The van der Waals surface area contributed by atoms with Crippen LogP contribution in [0.25, 0.3) is 11.4 Å². The first-order valence-corrected chi connectivity index (χ1v) is 13.0. The molecule has 0 unspecified atom stereocenters. The lowest BCUT2D eigenvalue weighted by Crippen LogP contribution is -2.47. The lowest BCUT2D eigenvalue weighted by Gasteiger charge is -2.28. The lowest BCUT2D eigenvalue weighted by molar-refractivity contribution is -0.138. The highest BCUT2D eigenvalue weighted by atomic mass is 16.2. The Morgan fingerprint density at radius 3 is 2.41 bits per heavy atom. The zero-order valence-electron chi connectivity index (χ0n) is 21.0. The molecule has 9 nitrogen and oxygen atoms in total. The number of amides is 3. The van der Waals surface area contributed by atoms with Crippen molar-refractivity contribution in [2.75, 3.05) is 19.6 Å². The molecule has 5 rings (SSSR count). The van der Waals surface area contributed by atoms with E-state index in [-0.39, 0.29) is 17.7 Å². The smallest absolute Gasteiger partial charge is 0.253 e. The van der Waals surface area contributed by atoms with Crippen molar-refractivity contribution in [3.05, 3.63) is 72.1 Å². The Morgan fingerprint density at radius 2 is 1.65 bits per heavy atom. The molecule has 192 valence electrons. The molecule has 9 heteroatoms. The van der Waals surface area contributed by atoms with Gasteiger partial charge in [0.25, 0.3) is 5.91 Å². The Hall–Kier alpha value is -4.01. The van der Waals surface area contributed by atoms with Crippen LogP contribution in [0.4, 0.5) is 0 Å². The van der Waals surface area contributed by atoms with Crippen molar-refractivity contribution in [2.45, 2.75) is 51.2 Å². The first kappa shape index (κ1) is 24.7. The average molecular weight is 501 g/mol.